The predicted octanol–water partition coefficient (Wildman–Crippen LogP) is 1.18. The predicted molar refractivity (Wildman–Crippen MR) is 65.5 cm³/mol. The molecule has 1 amide bonds. The highest BCUT2D eigenvalue weighted by Crippen LogP contribution is 2.20. The second-order valence-electron chi connectivity index (χ2n) is 4.29. The summed E-state index contributed by atoms with van der Waals surface area (Å²) in [6.45, 7) is 3.73. The van der Waals surface area contributed by atoms with E-state index in [4.69, 9.17) is 10.5 Å². The monoisotopic (exact) mass is 234 g/mol. The molecule has 0 saturated heterocycles. The number of rotatable bonds is 4. The normalized spacial score (nSPS) is 15.4. The Kier molecular flexibility index (Phi) is 3.76. The molecule has 0 fully saturated rings. The number of benzene rings is 1. The summed E-state index contributed by atoms with van der Waals surface area (Å²) in [5.74, 6) is -0.0583. The van der Waals surface area contributed by atoms with Gasteiger partial charge in [0.2, 0.25) is 0 Å². The van der Waals surface area contributed by atoms with E-state index in [1.807, 2.05) is 25.1 Å². The second kappa shape index (κ2) is 5.29. The molecule has 1 aromatic carbocycles. The highest BCUT2D eigenvalue weighted by atomic mass is 16.5. The summed E-state index contributed by atoms with van der Waals surface area (Å²) in [5.41, 5.74) is 8.53. The first-order valence-corrected chi connectivity index (χ1v) is 5.95. The molecule has 0 spiro atoms. The summed E-state index contributed by atoms with van der Waals surface area (Å²) >= 11 is 0. The average Bonchev–Trinajstić information content (AvgIpc) is 2.82. The van der Waals surface area contributed by atoms with E-state index in [1.165, 1.54) is 5.56 Å². The van der Waals surface area contributed by atoms with E-state index in [-0.39, 0.29) is 11.9 Å². The van der Waals surface area contributed by atoms with Gasteiger partial charge < -0.3 is 15.8 Å². The van der Waals surface area contributed by atoms with Crippen molar-refractivity contribution in [2.24, 2.45) is 5.73 Å². The molecule has 92 valence electrons. The minimum absolute atomic E-state index is 0.0482. The molecule has 1 atom stereocenters. The summed E-state index contributed by atoms with van der Waals surface area (Å²) in [6, 6.07) is 5.75. The van der Waals surface area contributed by atoms with Gasteiger partial charge in [-0.15, -0.1) is 0 Å². The van der Waals surface area contributed by atoms with Gasteiger partial charge in [-0.3, -0.25) is 4.79 Å². The molecule has 1 aliphatic heterocycles. The van der Waals surface area contributed by atoms with Gasteiger partial charge in [-0.1, -0.05) is 13.0 Å². The quantitative estimate of drug-likeness (QED) is 0.822. The van der Waals surface area contributed by atoms with E-state index in [1.54, 1.807) is 0 Å². The van der Waals surface area contributed by atoms with Gasteiger partial charge >= 0.3 is 0 Å². The minimum atomic E-state index is -0.0583. The first kappa shape index (κ1) is 12.1. The molecule has 0 radical (unpaired) electrons. The fourth-order valence-corrected chi connectivity index (χ4v) is 1.91. The van der Waals surface area contributed by atoms with Crippen LogP contribution in [0.15, 0.2) is 18.2 Å². The number of hydrogen-bond donors (Lipinski definition) is 2. The summed E-state index contributed by atoms with van der Waals surface area (Å²) < 4.78 is 5.32. The zero-order valence-electron chi connectivity index (χ0n) is 10.0. The van der Waals surface area contributed by atoms with Crippen LogP contribution in [0.2, 0.25) is 0 Å². The van der Waals surface area contributed by atoms with Gasteiger partial charge in [0.25, 0.3) is 5.91 Å². The molecular formula is C13H18N2O2. The lowest BCUT2D eigenvalue weighted by molar-refractivity contribution is 0.0937. The topological polar surface area (TPSA) is 64.3 Å². The lowest BCUT2D eigenvalue weighted by Gasteiger charge is -2.14. The lowest BCUT2D eigenvalue weighted by Crippen LogP contribution is -2.39. The van der Waals surface area contributed by atoms with Gasteiger partial charge in [0.15, 0.2) is 0 Å². The van der Waals surface area contributed by atoms with Crippen LogP contribution in [0.4, 0.5) is 0 Å². The van der Waals surface area contributed by atoms with Crippen LogP contribution in [-0.2, 0) is 18.0 Å². The number of carbonyl (C=O) groups excluding carboxylic acids is 1. The van der Waals surface area contributed by atoms with E-state index in [0.717, 1.165) is 12.0 Å². The Morgan fingerprint density at radius 2 is 2.24 bits per heavy atom. The van der Waals surface area contributed by atoms with Crippen LogP contribution in [-0.4, -0.2) is 18.5 Å². The molecule has 2 rings (SSSR count). The SMILES string of the molecule is CCC(CN)NC(=O)c1ccc2c(c1)COC2. The van der Waals surface area contributed by atoms with Crippen LogP contribution in [0, 0.1) is 0 Å². The summed E-state index contributed by atoms with van der Waals surface area (Å²) in [7, 11) is 0. The van der Waals surface area contributed by atoms with Crippen molar-refractivity contribution in [3.8, 4) is 0 Å². The first-order chi connectivity index (χ1) is 8.24. The van der Waals surface area contributed by atoms with Crippen molar-refractivity contribution in [1.82, 2.24) is 5.32 Å². The molecule has 1 unspecified atom stereocenters. The van der Waals surface area contributed by atoms with Crippen molar-refractivity contribution in [1.29, 1.82) is 0 Å². The molecule has 0 aromatic heterocycles. The lowest BCUT2D eigenvalue weighted by atomic mass is 10.1. The maximum absolute atomic E-state index is 12.0. The van der Waals surface area contributed by atoms with Crippen molar-refractivity contribution >= 4 is 5.91 Å². The third kappa shape index (κ3) is 2.65. The van der Waals surface area contributed by atoms with Gasteiger partial charge in [0.1, 0.15) is 0 Å². The van der Waals surface area contributed by atoms with Crippen molar-refractivity contribution in [2.75, 3.05) is 6.54 Å². The number of nitrogens with two attached hydrogens (primary N) is 1. The third-order valence-corrected chi connectivity index (χ3v) is 3.10. The van der Waals surface area contributed by atoms with Crippen molar-refractivity contribution < 1.29 is 9.53 Å². The Morgan fingerprint density at radius 1 is 1.47 bits per heavy atom. The smallest absolute Gasteiger partial charge is 0.251 e. The molecule has 3 N–H and O–H groups in total. The number of hydrogen-bond acceptors (Lipinski definition) is 3. The van der Waals surface area contributed by atoms with Gasteiger partial charge in [0.05, 0.1) is 13.2 Å². The van der Waals surface area contributed by atoms with E-state index < -0.39 is 0 Å². The number of carbonyl (C=O) groups is 1. The molecule has 4 nitrogen and oxygen atoms in total. The Labute approximate surface area is 101 Å². The number of ether oxygens (including phenoxy) is 1. The highest BCUT2D eigenvalue weighted by molar-refractivity contribution is 5.94. The average molecular weight is 234 g/mol. The Bertz CT molecular complexity index is 414. The first-order valence-electron chi connectivity index (χ1n) is 5.95. The van der Waals surface area contributed by atoms with Gasteiger partial charge in [0, 0.05) is 18.2 Å². The van der Waals surface area contributed by atoms with Crippen LogP contribution >= 0.6 is 0 Å². The molecule has 0 bridgehead atoms. The van der Waals surface area contributed by atoms with Crippen LogP contribution in [0.5, 0.6) is 0 Å². The fraction of sp³-hybridized carbons (Fsp3) is 0.462. The Hall–Kier alpha value is -1.39. The largest absolute Gasteiger partial charge is 0.372 e. The van der Waals surface area contributed by atoms with E-state index >= 15 is 0 Å². The standard InChI is InChI=1S/C13H18N2O2/c1-2-12(6-14)15-13(16)9-3-4-10-7-17-8-11(10)5-9/h3-5,12H,2,6-8,14H2,1H3,(H,15,16). The van der Waals surface area contributed by atoms with Crippen LogP contribution < -0.4 is 11.1 Å². The summed E-state index contributed by atoms with van der Waals surface area (Å²) in [6.07, 6.45) is 0.844. The highest BCUT2D eigenvalue weighted by Gasteiger charge is 2.15. The number of nitrogens with one attached hydrogen (secondary N) is 1. The maximum Gasteiger partial charge on any atom is 0.251 e. The number of amides is 1. The Morgan fingerprint density at radius 3 is 2.94 bits per heavy atom. The Balaban J connectivity index is 2.09. The molecule has 1 heterocycles. The van der Waals surface area contributed by atoms with Crippen molar-refractivity contribution in [2.45, 2.75) is 32.6 Å². The molecule has 17 heavy (non-hydrogen) atoms. The van der Waals surface area contributed by atoms with Gasteiger partial charge in [-0.05, 0) is 29.7 Å². The fourth-order valence-electron chi connectivity index (χ4n) is 1.91. The van der Waals surface area contributed by atoms with Crippen LogP contribution in [0.1, 0.15) is 34.8 Å². The van der Waals surface area contributed by atoms with E-state index in [2.05, 4.69) is 5.32 Å². The van der Waals surface area contributed by atoms with Crippen LogP contribution in [0.3, 0.4) is 0 Å². The zero-order valence-corrected chi connectivity index (χ0v) is 10.0. The van der Waals surface area contributed by atoms with Gasteiger partial charge in [-0.2, -0.15) is 0 Å². The van der Waals surface area contributed by atoms with Crippen molar-refractivity contribution in [3.63, 3.8) is 0 Å². The molecule has 1 aliphatic rings. The number of fused-ring (bicyclic) bond motifs is 1. The van der Waals surface area contributed by atoms with E-state index in [9.17, 15) is 4.79 Å². The van der Waals surface area contributed by atoms with Gasteiger partial charge in [-0.25, -0.2) is 0 Å². The summed E-state index contributed by atoms with van der Waals surface area (Å²) in [5, 5.41) is 2.92. The molecule has 4 heteroatoms. The second-order valence-corrected chi connectivity index (χ2v) is 4.29. The third-order valence-electron chi connectivity index (χ3n) is 3.10. The maximum atomic E-state index is 12.0. The van der Waals surface area contributed by atoms with Crippen molar-refractivity contribution in [3.05, 3.63) is 34.9 Å². The zero-order chi connectivity index (χ0) is 12.3. The summed E-state index contributed by atoms with van der Waals surface area (Å²) in [4.78, 5) is 12.0. The minimum Gasteiger partial charge on any atom is -0.372 e. The molecule has 0 saturated carbocycles. The van der Waals surface area contributed by atoms with E-state index in [0.29, 0.717) is 25.3 Å². The van der Waals surface area contributed by atoms with Crippen LogP contribution in [0.25, 0.3) is 0 Å². The molecule has 0 aliphatic carbocycles. The molecule has 1 aromatic rings. The molecular weight excluding hydrogens is 216 g/mol.